The fraction of sp³-hybridized carbons (Fsp3) is 0.778. The highest BCUT2D eigenvalue weighted by Gasteiger charge is 2.28. The third-order valence-corrected chi connectivity index (χ3v) is 2.31. The maximum Gasteiger partial charge on any atom is 0.230 e. The van der Waals surface area contributed by atoms with Gasteiger partial charge in [0.1, 0.15) is 5.78 Å². The number of hydrogen-bond acceptors (Lipinski definition) is 3. The molecule has 1 aliphatic rings. The lowest BCUT2D eigenvalue weighted by Crippen LogP contribution is -2.38. The Kier molecular flexibility index (Phi) is 3.42. The molecule has 1 fully saturated rings. The Bertz CT molecular complexity index is 215. The van der Waals surface area contributed by atoms with Crippen molar-refractivity contribution < 1.29 is 14.7 Å². The average Bonchev–Trinajstić information content (AvgIpc) is 2.49. The summed E-state index contributed by atoms with van der Waals surface area (Å²) >= 11 is 0. The molecule has 1 heterocycles. The van der Waals surface area contributed by atoms with Gasteiger partial charge in [-0.15, -0.1) is 0 Å². The number of hydrogen-bond donors (Lipinski definition) is 1. The standard InChI is InChI=1S/C9H15NO3/c1-7(12)5-9(13)10-4-2-3-8(10)6-11/h8,11H,2-6H2,1H3/t8-/m0/s1. The first-order valence-electron chi connectivity index (χ1n) is 4.55. The Balaban J connectivity index is 2.50. The van der Waals surface area contributed by atoms with E-state index in [9.17, 15) is 9.59 Å². The quantitative estimate of drug-likeness (QED) is 0.627. The van der Waals surface area contributed by atoms with Gasteiger partial charge < -0.3 is 10.0 Å². The maximum absolute atomic E-state index is 11.4. The van der Waals surface area contributed by atoms with Gasteiger partial charge in [-0.1, -0.05) is 0 Å². The van der Waals surface area contributed by atoms with Crippen LogP contribution in [0.4, 0.5) is 0 Å². The highest BCUT2D eigenvalue weighted by Crippen LogP contribution is 2.17. The van der Waals surface area contributed by atoms with Gasteiger partial charge in [0.05, 0.1) is 19.1 Å². The number of amides is 1. The summed E-state index contributed by atoms with van der Waals surface area (Å²) in [5.41, 5.74) is 0. The molecule has 0 radical (unpaired) electrons. The zero-order chi connectivity index (χ0) is 9.84. The zero-order valence-electron chi connectivity index (χ0n) is 7.82. The number of carbonyl (C=O) groups is 2. The van der Waals surface area contributed by atoms with Crippen LogP contribution in [0.2, 0.25) is 0 Å². The van der Waals surface area contributed by atoms with E-state index in [1.165, 1.54) is 6.92 Å². The van der Waals surface area contributed by atoms with E-state index in [0.717, 1.165) is 12.8 Å². The normalized spacial score (nSPS) is 22.0. The van der Waals surface area contributed by atoms with Crippen LogP contribution in [0.3, 0.4) is 0 Å². The Morgan fingerprint density at radius 1 is 1.54 bits per heavy atom. The van der Waals surface area contributed by atoms with Crippen LogP contribution in [-0.2, 0) is 9.59 Å². The summed E-state index contributed by atoms with van der Waals surface area (Å²) in [6.07, 6.45) is 1.74. The molecule has 0 bridgehead atoms. The van der Waals surface area contributed by atoms with Gasteiger partial charge in [0.25, 0.3) is 0 Å². The van der Waals surface area contributed by atoms with E-state index in [1.807, 2.05) is 0 Å². The van der Waals surface area contributed by atoms with Gasteiger partial charge in [-0.05, 0) is 19.8 Å². The second-order valence-corrected chi connectivity index (χ2v) is 3.44. The van der Waals surface area contributed by atoms with Crippen molar-refractivity contribution in [3.8, 4) is 0 Å². The minimum Gasteiger partial charge on any atom is -0.394 e. The number of carbonyl (C=O) groups excluding carboxylic acids is 2. The van der Waals surface area contributed by atoms with Crippen LogP contribution in [0.1, 0.15) is 26.2 Å². The van der Waals surface area contributed by atoms with Gasteiger partial charge in [0, 0.05) is 6.54 Å². The second kappa shape index (κ2) is 4.37. The van der Waals surface area contributed by atoms with Crippen LogP contribution in [-0.4, -0.2) is 40.9 Å². The summed E-state index contributed by atoms with van der Waals surface area (Å²) in [4.78, 5) is 23.7. The van der Waals surface area contributed by atoms with E-state index in [-0.39, 0.29) is 30.8 Å². The van der Waals surface area contributed by atoms with Crippen LogP contribution >= 0.6 is 0 Å². The molecule has 13 heavy (non-hydrogen) atoms. The number of likely N-dealkylation sites (tertiary alicyclic amines) is 1. The van der Waals surface area contributed by atoms with Crippen LogP contribution in [0, 0.1) is 0 Å². The molecule has 0 aliphatic carbocycles. The largest absolute Gasteiger partial charge is 0.394 e. The van der Waals surface area contributed by atoms with E-state index in [2.05, 4.69) is 0 Å². The summed E-state index contributed by atoms with van der Waals surface area (Å²) < 4.78 is 0. The molecule has 0 aromatic rings. The lowest BCUT2D eigenvalue weighted by molar-refractivity contribution is -0.136. The number of nitrogens with zero attached hydrogens (tertiary/aromatic N) is 1. The molecule has 1 amide bonds. The number of rotatable bonds is 3. The van der Waals surface area contributed by atoms with Crippen molar-refractivity contribution in [2.24, 2.45) is 0 Å². The van der Waals surface area contributed by atoms with Gasteiger partial charge in [-0.2, -0.15) is 0 Å². The molecule has 0 aromatic heterocycles. The van der Waals surface area contributed by atoms with Crippen molar-refractivity contribution >= 4 is 11.7 Å². The molecule has 0 unspecified atom stereocenters. The fourth-order valence-electron chi connectivity index (χ4n) is 1.67. The number of Topliss-reactive ketones (excluding diaryl/α,β-unsaturated/α-hetero) is 1. The lowest BCUT2D eigenvalue weighted by atomic mass is 10.2. The van der Waals surface area contributed by atoms with Gasteiger partial charge in [-0.25, -0.2) is 0 Å². The summed E-state index contributed by atoms with van der Waals surface area (Å²) in [6, 6.07) is -0.0631. The molecular weight excluding hydrogens is 170 g/mol. The topological polar surface area (TPSA) is 57.6 Å². The fourth-order valence-corrected chi connectivity index (χ4v) is 1.67. The Hall–Kier alpha value is -0.900. The molecule has 74 valence electrons. The van der Waals surface area contributed by atoms with E-state index in [4.69, 9.17) is 5.11 Å². The van der Waals surface area contributed by atoms with Crippen molar-refractivity contribution in [1.29, 1.82) is 0 Å². The predicted molar refractivity (Wildman–Crippen MR) is 47.1 cm³/mol. The van der Waals surface area contributed by atoms with E-state index in [0.29, 0.717) is 6.54 Å². The summed E-state index contributed by atoms with van der Waals surface area (Å²) in [6.45, 7) is 2.09. The number of aliphatic hydroxyl groups excluding tert-OH is 1. The molecule has 1 saturated heterocycles. The first-order valence-corrected chi connectivity index (χ1v) is 4.55. The maximum atomic E-state index is 11.4. The number of aliphatic hydroxyl groups is 1. The minimum atomic E-state index is -0.149. The van der Waals surface area contributed by atoms with Gasteiger partial charge in [0.2, 0.25) is 5.91 Å². The molecule has 0 aromatic carbocycles. The minimum absolute atomic E-state index is 0.00362. The molecule has 1 rings (SSSR count). The van der Waals surface area contributed by atoms with Crippen LogP contribution in [0.5, 0.6) is 0 Å². The molecule has 4 nitrogen and oxygen atoms in total. The van der Waals surface area contributed by atoms with Crippen molar-refractivity contribution in [3.63, 3.8) is 0 Å². The third-order valence-electron chi connectivity index (χ3n) is 2.31. The Morgan fingerprint density at radius 2 is 2.23 bits per heavy atom. The van der Waals surface area contributed by atoms with Crippen molar-refractivity contribution in [2.45, 2.75) is 32.2 Å². The first-order chi connectivity index (χ1) is 6.15. The molecule has 0 spiro atoms. The monoisotopic (exact) mass is 185 g/mol. The highest BCUT2D eigenvalue weighted by molar-refractivity contribution is 5.97. The van der Waals surface area contributed by atoms with Gasteiger partial charge in [0.15, 0.2) is 0 Å². The lowest BCUT2D eigenvalue weighted by Gasteiger charge is -2.22. The second-order valence-electron chi connectivity index (χ2n) is 3.44. The number of ketones is 1. The average molecular weight is 185 g/mol. The predicted octanol–water partition coefficient (Wildman–Crippen LogP) is -0.0512. The molecule has 1 aliphatic heterocycles. The van der Waals surface area contributed by atoms with E-state index >= 15 is 0 Å². The smallest absolute Gasteiger partial charge is 0.230 e. The summed E-state index contributed by atoms with van der Waals surface area (Å²) in [7, 11) is 0. The van der Waals surface area contributed by atoms with Crippen LogP contribution < -0.4 is 0 Å². The summed E-state index contributed by atoms with van der Waals surface area (Å²) in [5.74, 6) is -0.266. The molecule has 0 saturated carbocycles. The summed E-state index contributed by atoms with van der Waals surface area (Å²) in [5, 5.41) is 8.94. The molecular formula is C9H15NO3. The van der Waals surface area contributed by atoms with Gasteiger partial charge >= 0.3 is 0 Å². The Morgan fingerprint density at radius 3 is 2.77 bits per heavy atom. The molecule has 4 heteroatoms. The van der Waals surface area contributed by atoms with Crippen molar-refractivity contribution in [2.75, 3.05) is 13.2 Å². The van der Waals surface area contributed by atoms with Crippen molar-refractivity contribution in [3.05, 3.63) is 0 Å². The van der Waals surface area contributed by atoms with Gasteiger partial charge in [-0.3, -0.25) is 9.59 Å². The Labute approximate surface area is 77.5 Å². The SMILES string of the molecule is CC(=O)CC(=O)N1CCC[C@H]1CO. The van der Waals surface area contributed by atoms with Crippen LogP contribution in [0.25, 0.3) is 0 Å². The third kappa shape index (κ3) is 2.52. The van der Waals surface area contributed by atoms with E-state index < -0.39 is 0 Å². The molecule has 1 atom stereocenters. The first kappa shape index (κ1) is 10.2. The van der Waals surface area contributed by atoms with Crippen molar-refractivity contribution in [1.82, 2.24) is 4.90 Å². The van der Waals surface area contributed by atoms with E-state index in [1.54, 1.807) is 4.90 Å². The van der Waals surface area contributed by atoms with Crippen LogP contribution in [0.15, 0.2) is 0 Å². The highest BCUT2D eigenvalue weighted by atomic mass is 16.3. The molecule has 1 N–H and O–H groups in total. The zero-order valence-corrected chi connectivity index (χ0v) is 7.82.